The topological polar surface area (TPSA) is 12.0 Å². The molecule has 60 valence electrons. The summed E-state index contributed by atoms with van der Waals surface area (Å²) in [5, 5.41) is 2.15. The van der Waals surface area contributed by atoms with E-state index in [4.69, 9.17) is 0 Å². The first-order valence-corrected chi connectivity index (χ1v) is 3.32. The first-order valence-electron chi connectivity index (χ1n) is 2.52. The Morgan fingerprint density at radius 3 is 2.30 bits per heavy atom. The highest BCUT2D eigenvalue weighted by Gasteiger charge is 2.25. The van der Waals surface area contributed by atoms with E-state index in [-0.39, 0.29) is 6.54 Å². The zero-order valence-corrected chi connectivity index (χ0v) is 6.72. The van der Waals surface area contributed by atoms with Crippen LogP contribution in [-0.2, 0) is 0 Å². The molecular weight excluding hydrogens is 211 g/mol. The average molecular weight is 218 g/mol. The zero-order valence-electron chi connectivity index (χ0n) is 5.13. The van der Waals surface area contributed by atoms with E-state index in [0.717, 1.165) is 0 Å². The summed E-state index contributed by atoms with van der Waals surface area (Å²) in [5.41, 5.74) is 0. The minimum absolute atomic E-state index is 0.138. The molecule has 1 nitrogen and oxygen atoms in total. The van der Waals surface area contributed by atoms with Crippen LogP contribution >= 0.6 is 15.9 Å². The number of alkyl halides is 3. The molecule has 0 unspecified atom stereocenters. The fraction of sp³-hybridized carbons (Fsp3) is 0.600. The van der Waals surface area contributed by atoms with Crippen LogP contribution in [-0.4, -0.2) is 19.3 Å². The summed E-state index contributed by atoms with van der Waals surface area (Å²) in [5.74, 6) is 0. The van der Waals surface area contributed by atoms with Crippen molar-refractivity contribution in [1.29, 1.82) is 0 Å². The summed E-state index contributed by atoms with van der Waals surface area (Å²) in [7, 11) is 0. The first-order chi connectivity index (χ1) is 4.42. The average Bonchev–Trinajstić information content (AvgIpc) is 1.59. The number of hydrogen-bond acceptors (Lipinski definition) is 1. The molecule has 0 aliphatic carbocycles. The minimum atomic E-state index is -4.14. The van der Waals surface area contributed by atoms with Gasteiger partial charge in [-0.15, -0.1) is 0 Å². The Morgan fingerprint density at radius 1 is 1.50 bits per heavy atom. The normalized spacial score (nSPS) is 11.6. The fourth-order valence-corrected chi connectivity index (χ4v) is 0.538. The van der Waals surface area contributed by atoms with Gasteiger partial charge in [0.15, 0.2) is 0 Å². The van der Waals surface area contributed by atoms with Crippen molar-refractivity contribution in [1.82, 2.24) is 5.32 Å². The Hall–Kier alpha value is -0.0300. The highest BCUT2D eigenvalue weighted by molar-refractivity contribution is 9.11. The molecule has 0 aromatic carbocycles. The standard InChI is InChI=1S/C5H7BrF3N/c1-4(6)2-10-3-5(7,8)9/h10H,1-3H2. The molecule has 0 radical (unpaired) electrons. The predicted octanol–water partition coefficient (Wildman–Crippen LogP) is 2.05. The van der Waals surface area contributed by atoms with Crippen molar-refractivity contribution in [2.75, 3.05) is 13.1 Å². The lowest BCUT2D eigenvalue weighted by molar-refractivity contribution is -0.124. The van der Waals surface area contributed by atoms with Gasteiger partial charge in [0.2, 0.25) is 0 Å². The van der Waals surface area contributed by atoms with Crippen LogP contribution in [0.15, 0.2) is 11.1 Å². The molecule has 0 aromatic heterocycles. The molecule has 5 heteroatoms. The van der Waals surface area contributed by atoms with Gasteiger partial charge in [0, 0.05) is 11.0 Å². The van der Waals surface area contributed by atoms with E-state index in [0.29, 0.717) is 4.48 Å². The quantitative estimate of drug-likeness (QED) is 0.764. The van der Waals surface area contributed by atoms with Gasteiger partial charge in [-0.05, 0) is 0 Å². The molecule has 1 N–H and O–H groups in total. The molecule has 0 fully saturated rings. The van der Waals surface area contributed by atoms with Crippen LogP contribution in [0, 0.1) is 0 Å². The zero-order chi connectivity index (χ0) is 8.20. The second kappa shape index (κ2) is 3.98. The van der Waals surface area contributed by atoms with Gasteiger partial charge in [0.25, 0.3) is 0 Å². The van der Waals surface area contributed by atoms with Crippen LogP contribution < -0.4 is 5.32 Å². The van der Waals surface area contributed by atoms with E-state index in [1.165, 1.54) is 0 Å². The van der Waals surface area contributed by atoms with E-state index >= 15 is 0 Å². The highest BCUT2D eigenvalue weighted by atomic mass is 79.9. The fourth-order valence-electron chi connectivity index (χ4n) is 0.340. The monoisotopic (exact) mass is 217 g/mol. The molecule has 0 amide bonds. The Balaban J connectivity index is 3.29. The van der Waals surface area contributed by atoms with Crippen LogP contribution in [0.3, 0.4) is 0 Å². The van der Waals surface area contributed by atoms with Gasteiger partial charge in [-0.3, -0.25) is 0 Å². The maximum atomic E-state index is 11.4. The van der Waals surface area contributed by atoms with Gasteiger partial charge in [-0.25, -0.2) is 0 Å². The van der Waals surface area contributed by atoms with Gasteiger partial charge in [-0.2, -0.15) is 13.2 Å². The van der Waals surface area contributed by atoms with E-state index < -0.39 is 12.7 Å². The molecule has 0 aliphatic heterocycles. The van der Waals surface area contributed by atoms with Crippen molar-refractivity contribution >= 4 is 15.9 Å². The maximum absolute atomic E-state index is 11.4. The first kappa shape index (κ1) is 9.97. The summed E-state index contributed by atoms with van der Waals surface area (Å²) < 4.78 is 34.7. The number of halogens is 4. The van der Waals surface area contributed by atoms with E-state index in [9.17, 15) is 13.2 Å². The van der Waals surface area contributed by atoms with Crippen LogP contribution in [0.25, 0.3) is 0 Å². The molecule has 0 bridgehead atoms. The van der Waals surface area contributed by atoms with Gasteiger partial charge in [-0.1, -0.05) is 22.5 Å². The van der Waals surface area contributed by atoms with Crippen molar-refractivity contribution in [2.45, 2.75) is 6.18 Å². The third kappa shape index (κ3) is 7.97. The summed E-state index contributed by atoms with van der Waals surface area (Å²) >= 11 is 2.92. The smallest absolute Gasteiger partial charge is 0.304 e. The Kier molecular flexibility index (Phi) is 3.96. The Morgan fingerprint density at radius 2 is 2.00 bits per heavy atom. The Bertz CT molecular complexity index is 121. The molecule has 0 spiro atoms. The lowest BCUT2D eigenvalue weighted by Crippen LogP contribution is -2.29. The third-order valence-electron chi connectivity index (χ3n) is 0.642. The van der Waals surface area contributed by atoms with E-state index in [1.807, 2.05) is 0 Å². The molecule has 0 aliphatic rings. The van der Waals surface area contributed by atoms with E-state index in [2.05, 4.69) is 27.8 Å². The van der Waals surface area contributed by atoms with Crippen molar-refractivity contribution in [3.8, 4) is 0 Å². The van der Waals surface area contributed by atoms with Crippen molar-refractivity contribution in [3.05, 3.63) is 11.1 Å². The molecule has 0 saturated carbocycles. The molecular formula is C5H7BrF3N. The molecule has 0 saturated heterocycles. The molecule has 10 heavy (non-hydrogen) atoms. The Labute approximate surface area is 65.4 Å². The number of rotatable bonds is 3. The van der Waals surface area contributed by atoms with Gasteiger partial charge in [0.05, 0.1) is 6.54 Å². The minimum Gasteiger partial charge on any atom is -0.304 e. The van der Waals surface area contributed by atoms with Crippen LogP contribution in [0.5, 0.6) is 0 Å². The summed E-state index contributed by atoms with van der Waals surface area (Å²) in [6.45, 7) is 2.53. The SMILES string of the molecule is C=C(Br)CNCC(F)(F)F. The van der Waals surface area contributed by atoms with Crippen LogP contribution in [0.1, 0.15) is 0 Å². The molecule has 0 heterocycles. The van der Waals surface area contributed by atoms with Crippen molar-refractivity contribution in [2.24, 2.45) is 0 Å². The second-order valence-electron chi connectivity index (χ2n) is 1.74. The lowest BCUT2D eigenvalue weighted by Gasteiger charge is -2.06. The van der Waals surface area contributed by atoms with E-state index in [1.54, 1.807) is 0 Å². The van der Waals surface area contributed by atoms with Gasteiger partial charge in [0.1, 0.15) is 0 Å². The number of hydrogen-bond donors (Lipinski definition) is 1. The predicted molar refractivity (Wildman–Crippen MR) is 37.0 cm³/mol. The van der Waals surface area contributed by atoms with Gasteiger partial charge >= 0.3 is 6.18 Å². The van der Waals surface area contributed by atoms with Crippen LogP contribution in [0.4, 0.5) is 13.2 Å². The highest BCUT2D eigenvalue weighted by Crippen LogP contribution is 2.12. The summed E-state index contributed by atoms with van der Waals surface area (Å²) in [6, 6.07) is 0. The molecule has 0 atom stereocenters. The molecule has 0 rings (SSSR count). The number of nitrogens with one attached hydrogen (secondary N) is 1. The van der Waals surface area contributed by atoms with Crippen molar-refractivity contribution < 1.29 is 13.2 Å². The maximum Gasteiger partial charge on any atom is 0.401 e. The lowest BCUT2D eigenvalue weighted by atomic mass is 10.5. The third-order valence-corrected chi connectivity index (χ3v) is 0.923. The van der Waals surface area contributed by atoms with Crippen molar-refractivity contribution in [3.63, 3.8) is 0 Å². The summed E-state index contributed by atoms with van der Waals surface area (Å²) in [4.78, 5) is 0. The summed E-state index contributed by atoms with van der Waals surface area (Å²) in [6.07, 6.45) is -4.14. The molecule has 0 aromatic rings. The van der Waals surface area contributed by atoms with Gasteiger partial charge < -0.3 is 5.32 Å². The van der Waals surface area contributed by atoms with Crippen LogP contribution in [0.2, 0.25) is 0 Å². The largest absolute Gasteiger partial charge is 0.401 e. The second-order valence-corrected chi connectivity index (χ2v) is 2.86.